The number of hydrogen-bond acceptors (Lipinski definition) is 3. The van der Waals surface area contributed by atoms with Crippen LogP contribution in [0.25, 0.3) is 39.6 Å². The summed E-state index contributed by atoms with van der Waals surface area (Å²) < 4.78 is 0. The molecule has 0 amide bonds. The van der Waals surface area contributed by atoms with Gasteiger partial charge in [0.15, 0.2) is 0 Å². The van der Waals surface area contributed by atoms with Gasteiger partial charge in [0.05, 0.1) is 11.4 Å². The summed E-state index contributed by atoms with van der Waals surface area (Å²) in [5.74, 6) is 0. The Morgan fingerprint density at radius 3 is 2.64 bits per heavy atom. The Balaban J connectivity index is 1.65. The first-order chi connectivity index (χ1) is 15.7. The maximum Gasteiger partial charge on any atom is 0.115 e. The van der Waals surface area contributed by atoms with Crippen molar-refractivity contribution in [2.24, 2.45) is 0 Å². The average molecular weight is 438 g/mol. The number of allylic oxidation sites excluding steroid dienone is 1. The van der Waals surface area contributed by atoms with Gasteiger partial charge in [0, 0.05) is 38.7 Å². The Hall–Kier alpha value is -3.21. The van der Waals surface area contributed by atoms with Gasteiger partial charge in [-0.3, -0.25) is 10.2 Å². The number of aromatic nitrogens is 5. The lowest BCUT2D eigenvalue weighted by Crippen LogP contribution is -2.23. The van der Waals surface area contributed by atoms with Gasteiger partial charge in [-0.25, -0.2) is 4.98 Å². The molecule has 5 nitrogen and oxygen atoms in total. The molecule has 0 unspecified atom stereocenters. The van der Waals surface area contributed by atoms with Crippen molar-refractivity contribution in [3.05, 3.63) is 58.4 Å². The summed E-state index contributed by atoms with van der Waals surface area (Å²) >= 11 is 0. The van der Waals surface area contributed by atoms with E-state index >= 15 is 0 Å². The van der Waals surface area contributed by atoms with Crippen molar-refractivity contribution in [2.75, 3.05) is 0 Å². The van der Waals surface area contributed by atoms with E-state index in [0.29, 0.717) is 0 Å². The molecule has 0 aliphatic heterocycles. The number of hydrogen-bond donors (Lipinski definition) is 2. The molecule has 168 valence electrons. The lowest BCUT2D eigenvalue weighted by atomic mass is 9.75. The highest BCUT2D eigenvalue weighted by molar-refractivity contribution is 6.05. The molecule has 33 heavy (non-hydrogen) atoms. The molecule has 0 fully saturated rings. The maximum atomic E-state index is 5.29. The third-order valence-corrected chi connectivity index (χ3v) is 7.40. The fraction of sp³-hybridized carbons (Fsp3) is 0.393. The molecule has 0 saturated carbocycles. The second kappa shape index (κ2) is 6.89. The monoisotopic (exact) mass is 437 g/mol. The molecule has 4 aromatic rings. The molecule has 3 heterocycles. The van der Waals surface area contributed by atoms with Crippen LogP contribution < -0.4 is 0 Å². The smallest absolute Gasteiger partial charge is 0.115 e. The van der Waals surface area contributed by atoms with Gasteiger partial charge < -0.3 is 0 Å². The van der Waals surface area contributed by atoms with E-state index in [9.17, 15) is 0 Å². The van der Waals surface area contributed by atoms with E-state index < -0.39 is 0 Å². The van der Waals surface area contributed by atoms with Crippen LogP contribution in [0, 0.1) is 0 Å². The van der Waals surface area contributed by atoms with Gasteiger partial charge in [-0.15, -0.1) is 0 Å². The second-order valence-corrected chi connectivity index (χ2v) is 11.2. The van der Waals surface area contributed by atoms with Gasteiger partial charge in [-0.1, -0.05) is 65.0 Å². The first-order valence-electron chi connectivity index (χ1n) is 12.0. The number of fused-ring (bicyclic) bond motifs is 1. The van der Waals surface area contributed by atoms with Crippen LogP contribution in [0.4, 0.5) is 0 Å². The molecule has 1 aromatic carbocycles. The minimum atomic E-state index is -0.00396. The van der Waals surface area contributed by atoms with E-state index in [1.54, 1.807) is 0 Å². The van der Waals surface area contributed by atoms with Gasteiger partial charge in [0.1, 0.15) is 11.4 Å². The van der Waals surface area contributed by atoms with Crippen molar-refractivity contribution in [3.63, 3.8) is 0 Å². The maximum absolute atomic E-state index is 5.29. The van der Waals surface area contributed by atoms with Gasteiger partial charge in [0.25, 0.3) is 0 Å². The van der Waals surface area contributed by atoms with Gasteiger partial charge in [0.2, 0.25) is 0 Å². The Bertz CT molecular complexity index is 1420. The molecule has 2 N–H and O–H groups in total. The lowest BCUT2D eigenvalue weighted by Gasteiger charge is -2.29. The molecule has 0 bridgehead atoms. The van der Waals surface area contributed by atoms with E-state index in [2.05, 4.69) is 81.2 Å². The van der Waals surface area contributed by atoms with E-state index in [1.807, 2.05) is 0 Å². The molecule has 2 aliphatic rings. The highest BCUT2D eigenvalue weighted by Crippen LogP contribution is 2.43. The fourth-order valence-corrected chi connectivity index (χ4v) is 5.50. The van der Waals surface area contributed by atoms with Crippen LogP contribution in [0.2, 0.25) is 0 Å². The molecule has 6 rings (SSSR count). The standard InChI is InChI=1S/C28H31N5/c1-27(2,3)21-15-20(30-31-21)23-17-11-6-9-16-10-7-12-18(22(16)17)24(29-23)25-19-13-8-14-28(4,5)26(19)33-32-25/h6-7,9,11-12,15H,8,10,13-14H2,1-5H3,(H,30,31)(H,32,33). The summed E-state index contributed by atoms with van der Waals surface area (Å²) in [5, 5.41) is 18.7. The molecular weight excluding hydrogens is 406 g/mol. The SMILES string of the molecule is CC(C)(C)c1cc(-c2nc(-c3n[nH]c4c3CCCC4(C)C)c3c4c(cccc24)CC=C3)n[nH]1. The number of H-pyrrole nitrogens is 2. The van der Waals surface area contributed by atoms with Crippen molar-refractivity contribution in [2.45, 2.75) is 71.1 Å². The average Bonchev–Trinajstić information content (AvgIpc) is 3.43. The highest BCUT2D eigenvalue weighted by Gasteiger charge is 2.33. The number of pyridine rings is 1. The number of benzene rings is 1. The predicted molar refractivity (Wildman–Crippen MR) is 134 cm³/mol. The number of nitrogens with zero attached hydrogens (tertiary/aromatic N) is 3. The molecular formula is C28H31N5. The Morgan fingerprint density at radius 2 is 1.85 bits per heavy atom. The topological polar surface area (TPSA) is 70.2 Å². The van der Waals surface area contributed by atoms with Crippen molar-refractivity contribution in [1.82, 2.24) is 25.4 Å². The Kier molecular flexibility index (Phi) is 4.26. The first-order valence-corrected chi connectivity index (χ1v) is 12.0. The van der Waals surface area contributed by atoms with Crippen LogP contribution in [0.5, 0.6) is 0 Å². The molecule has 0 spiro atoms. The molecule has 0 saturated heterocycles. The van der Waals surface area contributed by atoms with Gasteiger partial charge >= 0.3 is 0 Å². The fourth-order valence-electron chi connectivity index (χ4n) is 5.50. The third kappa shape index (κ3) is 3.09. The molecule has 5 heteroatoms. The summed E-state index contributed by atoms with van der Waals surface area (Å²) in [7, 11) is 0. The number of rotatable bonds is 2. The predicted octanol–water partition coefficient (Wildman–Crippen LogP) is 6.50. The highest BCUT2D eigenvalue weighted by atomic mass is 15.1. The van der Waals surface area contributed by atoms with Gasteiger partial charge in [-0.05, 0) is 42.7 Å². The Labute approximate surface area is 194 Å². The van der Waals surface area contributed by atoms with Crippen molar-refractivity contribution in [3.8, 4) is 22.8 Å². The first kappa shape index (κ1) is 20.4. The molecule has 2 aliphatic carbocycles. The lowest BCUT2D eigenvalue weighted by molar-refractivity contribution is 0.420. The van der Waals surface area contributed by atoms with Crippen LogP contribution in [-0.2, 0) is 23.7 Å². The van der Waals surface area contributed by atoms with E-state index in [1.165, 1.54) is 40.6 Å². The Morgan fingerprint density at radius 1 is 1.00 bits per heavy atom. The minimum absolute atomic E-state index is 0.00396. The van der Waals surface area contributed by atoms with Crippen LogP contribution in [0.15, 0.2) is 30.3 Å². The second-order valence-electron chi connectivity index (χ2n) is 11.2. The zero-order valence-corrected chi connectivity index (χ0v) is 20.1. The third-order valence-electron chi connectivity index (χ3n) is 7.40. The van der Waals surface area contributed by atoms with Crippen LogP contribution in [-0.4, -0.2) is 25.4 Å². The van der Waals surface area contributed by atoms with E-state index in [0.717, 1.165) is 46.7 Å². The molecule has 3 aromatic heterocycles. The zero-order chi connectivity index (χ0) is 23.0. The van der Waals surface area contributed by atoms with Crippen molar-refractivity contribution in [1.29, 1.82) is 0 Å². The summed E-state index contributed by atoms with van der Waals surface area (Å²) in [6, 6.07) is 8.71. The summed E-state index contributed by atoms with van der Waals surface area (Å²) in [4.78, 5) is 5.29. The van der Waals surface area contributed by atoms with E-state index in [-0.39, 0.29) is 10.8 Å². The molecule has 0 atom stereocenters. The normalized spacial score (nSPS) is 16.9. The quantitative estimate of drug-likeness (QED) is 0.376. The van der Waals surface area contributed by atoms with Crippen molar-refractivity contribution < 1.29 is 0 Å². The molecule has 0 radical (unpaired) electrons. The van der Waals surface area contributed by atoms with Crippen molar-refractivity contribution >= 4 is 16.8 Å². The zero-order valence-electron chi connectivity index (χ0n) is 20.1. The van der Waals surface area contributed by atoms with Crippen LogP contribution >= 0.6 is 0 Å². The summed E-state index contributed by atoms with van der Waals surface area (Å²) in [6.07, 6.45) is 8.82. The van der Waals surface area contributed by atoms with Crippen LogP contribution in [0.3, 0.4) is 0 Å². The largest absolute Gasteiger partial charge is 0.281 e. The number of aromatic amines is 2. The summed E-state index contributed by atoms with van der Waals surface area (Å²) in [5.41, 5.74) is 10.1. The number of nitrogens with one attached hydrogen (secondary N) is 2. The van der Waals surface area contributed by atoms with Crippen LogP contribution in [0.1, 0.15) is 75.5 Å². The summed E-state index contributed by atoms with van der Waals surface area (Å²) in [6.45, 7) is 11.2. The van der Waals surface area contributed by atoms with E-state index in [4.69, 9.17) is 15.2 Å². The van der Waals surface area contributed by atoms with Gasteiger partial charge in [-0.2, -0.15) is 10.2 Å². The minimum Gasteiger partial charge on any atom is -0.281 e.